The molecule has 1 unspecified atom stereocenters. The summed E-state index contributed by atoms with van der Waals surface area (Å²) in [5.74, 6) is 2.63. The molecule has 1 aromatic carbocycles. The van der Waals surface area contributed by atoms with Crippen molar-refractivity contribution in [2.45, 2.75) is 18.9 Å². The van der Waals surface area contributed by atoms with E-state index in [0.717, 1.165) is 12.8 Å². The second kappa shape index (κ2) is 4.48. The highest BCUT2D eigenvalue weighted by atomic mass is 32.1. The molecule has 2 aromatic rings. The second-order valence-electron chi connectivity index (χ2n) is 3.54. The maximum Gasteiger partial charge on any atom is 0.0399 e. The molecule has 15 heavy (non-hydrogen) atoms. The molecule has 1 aromatic heterocycles. The van der Waals surface area contributed by atoms with Crippen LogP contribution in [-0.2, 0) is 0 Å². The van der Waals surface area contributed by atoms with Crippen LogP contribution >= 0.6 is 11.3 Å². The maximum atomic E-state index is 6.06. The van der Waals surface area contributed by atoms with E-state index in [1.807, 2.05) is 6.07 Å². The van der Waals surface area contributed by atoms with E-state index in [-0.39, 0.29) is 6.04 Å². The summed E-state index contributed by atoms with van der Waals surface area (Å²) in [6.07, 6.45) is 6.84. The number of fused-ring (bicyclic) bond motifs is 1. The van der Waals surface area contributed by atoms with E-state index in [0.29, 0.717) is 0 Å². The molecule has 2 rings (SSSR count). The van der Waals surface area contributed by atoms with Crippen LogP contribution < -0.4 is 5.73 Å². The Bertz CT molecular complexity index is 459. The van der Waals surface area contributed by atoms with Crippen LogP contribution in [0.5, 0.6) is 0 Å². The van der Waals surface area contributed by atoms with Crippen LogP contribution in [0, 0.1) is 12.3 Å². The second-order valence-corrected chi connectivity index (χ2v) is 4.65. The molecular formula is C13H13NS. The molecule has 0 spiro atoms. The Morgan fingerprint density at radius 3 is 2.93 bits per heavy atom. The van der Waals surface area contributed by atoms with Crippen LogP contribution in [0.1, 0.15) is 23.8 Å². The first-order valence-corrected chi connectivity index (χ1v) is 5.80. The number of hydrogen-bond donors (Lipinski definition) is 1. The maximum absolute atomic E-state index is 6.06. The van der Waals surface area contributed by atoms with Crippen LogP contribution in [0.15, 0.2) is 30.3 Å². The minimum absolute atomic E-state index is 0.0819. The quantitative estimate of drug-likeness (QED) is 0.781. The fourth-order valence-corrected chi connectivity index (χ4v) is 2.67. The van der Waals surface area contributed by atoms with Gasteiger partial charge in [0, 0.05) is 22.0 Å². The Hall–Kier alpha value is -1.30. The minimum atomic E-state index is 0.0819. The fourth-order valence-electron chi connectivity index (χ4n) is 1.57. The van der Waals surface area contributed by atoms with Gasteiger partial charge in [-0.3, -0.25) is 0 Å². The van der Waals surface area contributed by atoms with Crippen LogP contribution in [-0.4, -0.2) is 0 Å². The summed E-state index contributed by atoms with van der Waals surface area (Å²) in [5, 5.41) is 1.27. The molecule has 76 valence electrons. The predicted molar refractivity (Wildman–Crippen MR) is 66.8 cm³/mol. The summed E-state index contributed by atoms with van der Waals surface area (Å²) in [6.45, 7) is 0. The van der Waals surface area contributed by atoms with E-state index < -0.39 is 0 Å². The van der Waals surface area contributed by atoms with Gasteiger partial charge in [0.25, 0.3) is 0 Å². The molecule has 1 atom stereocenters. The molecule has 0 aliphatic heterocycles. The van der Waals surface area contributed by atoms with Crippen molar-refractivity contribution in [2.75, 3.05) is 0 Å². The average Bonchev–Trinajstić information content (AvgIpc) is 2.69. The summed E-state index contributed by atoms with van der Waals surface area (Å²) >= 11 is 1.76. The van der Waals surface area contributed by atoms with Crippen molar-refractivity contribution in [2.24, 2.45) is 5.73 Å². The van der Waals surface area contributed by atoms with Gasteiger partial charge in [-0.05, 0) is 23.9 Å². The molecule has 0 amide bonds. The number of thiophene rings is 1. The number of rotatable bonds is 3. The molecule has 2 N–H and O–H groups in total. The van der Waals surface area contributed by atoms with Crippen molar-refractivity contribution >= 4 is 21.4 Å². The SMILES string of the molecule is C#CCCC(N)c1cc2ccccc2s1. The minimum Gasteiger partial charge on any atom is -0.323 e. The van der Waals surface area contributed by atoms with Gasteiger partial charge in [0.05, 0.1) is 0 Å². The zero-order chi connectivity index (χ0) is 10.7. The van der Waals surface area contributed by atoms with E-state index in [9.17, 15) is 0 Å². The van der Waals surface area contributed by atoms with E-state index in [4.69, 9.17) is 12.2 Å². The van der Waals surface area contributed by atoms with Gasteiger partial charge in [-0.15, -0.1) is 23.7 Å². The highest BCUT2D eigenvalue weighted by Gasteiger charge is 2.08. The molecule has 1 heterocycles. The van der Waals surface area contributed by atoms with Crippen LogP contribution in [0.4, 0.5) is 0 Å². The molecule has 1 nitrogen and oxygen atoms in total. The Morgan fingerprint density at radius 2 is 2.20 bits per heavy atom. The van der Waals surface area contributed by atoms with Crippen molar-refractivity contribution in [1.82, 2.24) is 0 Å². The van der Waals surface area contributed by atoms with Crippen molar-refractivity contribution in [3.8, 4) is 12.3 Å². The van der Waals surface area contributed by atoms with Gasteiger partial charge in [0.2, 0.25) is 0 Å². The lowest BCUT2D eigenvalue weighted by molar-refractivity contribution is 0.680. The van der Waals surface area contributed by atoms with Crippen LogP contribution in [0.2, 0.25) is 0 Å². The Balaban J connectivity index is 2.25. The normalized spacial score (nSPS) is 12.5. The first kappa shape index (κ1) is 10.2. The van der Waals surface area contributed by atoms with Gasteiger partial charge in [0.1, 0.15) is 0 Å². The van der Waals surface area contributed by atoms with Gasteiger partial charge in [-0.2, -0.15) is 0 Å². The molecule has 0 aliphatic rings. The van der Waals surface area contributed by atoms with E-state index >= 15 is 0 Å². The molecule has 0 saturated heterocycles. The van der Waals surface area contributed by atoms with Gasteiger partial charge in [-0.25, -0.2) is 0 Å². The highest BCUT2D eigenvalue weighted by molar-refractivity contribution is 7.19. The smallest absolute Gasteiger partial charge is 0.0399 e. The van der Waals surface area contributed by atoms with E-state index in [2.05, 4.69) is 30.2 Å². The standard InChI is InChI=1S/C13H13NS/c1-2-3-7-11(14)13-9-10-6-4-5-8-12(10)15-13/h1,4-6,8-9,11H,3,7,14H2. The van der Waals surface area contributed by atoms with E-state index in [1.165, 1.54) is 15.0 Å². The van der Waals surface area contributed by atoms with Crippen LogP contribution in [0.25, 0.3) is 10.1 Å². The topological polar surface area (TPSA) is 26.0 Å². The van der Waals surface area contributed by atoms with Crippen molar-refractivity contribution in [3.05, 3.63) is 35.2 Å². The lowest BCUT2D eigenvalue weighted by Gasteiger charge is -2.05. The number of terminal acetylenes is 1. The highest BCUT2D eigenvalue weighted by Crippen LogP contribution is 2.30. The number of hydrogen-bond acceptors (Lipinski definition) is 2. The Labute approximate surface area is 93.9 Å². The molecule has 2 heteroatoms. The van der Waals surface area contributed by atoms with Crippen LogP contribution in [0.3, 0.4) is 0 Å². The summed E-state index contributed by atoms with van der Waals surface area (Å²) < 4.78 is 1.30. The molecule has 0 bridgehead atoms. The monoisotopic (exact) mass is 215 g/mol. The molecular weight excluding hydrogens is 202 g/mol. The summed E-state index contributed by atoms with van der Waals surface area (Å²) in [6, 6.07) is 10.6. The average molecular weight is 215 g/mol. The van der Waals surface area contributed by atoms with Crippen molar-refractivity contribution < 1.29 is 0 Å². The largest absolute Gasteiger partial charge is 0.323 e. The third-order valence-electron chi connectivity index (χ3n) is 2.41. The molecule has 0 fully saturated rings. The lowest BCUT2D eigenvalue weighted by Crippen LogP contribution is -2.07. The van der Waals surface area contributed by atoms with Gasteiger partial charge in [0.15, 0.2) is 0 Å². The zero-order valence-corrected chi connectivity index (χ0v) is 9.26. The lowest BCUT2D eigenvalue weighted by atomic mass is 10.1. The molecule has 0 radical (unpaired) electrons. The zero-order valence-electron chi connectivity index (χ0n) is 8.44. The summed E-state index contributed by atoms with van der Waals surface area (Å²) in [4.78, 5) is 1.23. The molecule has 0 aliphatic carbocycles. The van der Waals surface area contributed by atoms with Gasteiger partial charge < -0.3 is 5.73 Å². The summed E-state index contributed by atoms with van der Waals surface area (Å²) in [7, 11) is 0. The third kappa shape index (κ3) is 2.20. The van der Waals surface area contributed by atoms with Crippen molar-refractivity contribution in [3.63, 3.8) is 0 Å². The van der Waals surface area contributed by atoms with Gasteiger partial charge in [-0.1, -0.05) is 18.2 Å². The van der Waals surface area contributed by atoms with E-state index in [1.54, 1.807) is 11.3 Å². The first-order chi connectivity index (χ1) is 7.31. The number of nitrogens with two attached hydrogens (primary N) is 1. The third-order valence-corrected chi connectivity index (χ3v) is 3.66. The number of benzene rings is 1. The van der Waals surface area contributed by atoms with Crippen molar-refractivity contribution in [1.29, 1.82) is 0 Å². The molecule has 0 saturated carbocycles. The van der Waals surface area contributed by atoms with Gasteiger partial charge >= 0.3 is 0 Å². The first-order valence-electron chi connectivity index (χ1n) is 4.99. The predicted octanol–water partition coefficient (Wildman–Crippen LogP) is 3.31. The Morgan fingerprint density at radius 1 is 1.40 bits per heavy atom. The summed E-state index contributed by atoms with van der Waals surface area (Å²) in [5.41, 5.74) is 6.06. The Kier molecular flexibility index (Phi) is 3.05. The fraction of sp³-hybridized carbons (Fsp3) is 0.231.